The Hall–Kier alpha value is -1.28. The number of aromatic nitrogens is 2. The minimum absolute atomic E-state index is 0.164. The van der Waals surface area contributed by atoms with Gasteiger partial charge in [0.05, 0.1) is 22.4 Å². The zero-order valence-electron chi connectivity index (χ0n) is 9.97. The van der Waals surface area contributed by atoms with Gasteiger partial charge in [-0.2, -0.15) is 5.26 Å². The van der Waals surface area contributed by atoms with Crippen LogP contribution in [-0.2, 0) is 0 Å². The molecule has 0 amide bonds. The Kier molecular flexibility index (Phi) is 4.65. The van der Waals surface area contributed by atoms with E-state index < -0.39 is 0 Å². The molecule has 0 aliphatic rings. The van der Waals surface area contributed by atoms with Crippen LogP contribution in [0.5, 0.6) is 0 Å². The number of benzene rings is 1. The molecule has 96 valence electrons. The van der Waals surface area contributed by atoms with Gasteiger partial charge in [-0.1, -0.05) is 41.0 Å². The highest BCUT2D eigenvalue weighted by Gasteiger charge is 2.10. The minimum Gasteiger partial charge on any atom is -0.245 e. The van der Waals surface area contributed by atoms with Gasteiger partial charge in [-0.3, -0.25) is 0 Å². The van der Waals surface area contributed by atoms with Gasteiger partial charge in [-0.25, -0.2) is 9.97 Å². The van der Waals surface area contributed by atoms with E-state index in [1.807, 2.05) is 25.1 Å². The van der Waals surface area contributed by atoms with Crippen LogP contribution in [0.25, 0.3) is 0 Å². The molecule has 0 radical (unpaired) electrons. The molecular weight excluding hydrogens is 301 g/mol. The van der Waals surface area contributed by atoms with Crippen LogP contribution >= 0.6 is 35.0 Å². The second kappa shape index (κ2) is 6.25. The fourth-order valence-electron chi connectivity index (χ4n) is 1.45. The number of hydrogen-bond acceptors (Lipinski definition) is 4. The molecule has 1 atom stereocenters. The second-order valence-corrected chi connectivity index (χ2v) is 5.96. The van der Waals surface area contributed by atoms with Crippen LogP contribution in [0.15, 0.2) is 35.6 Å². The van der Waals surface area contributed by atoms with Gasteiger partial charge in [-0.15, -0.1) is 0 Å². The lowest BCUT2D eigenvalue weighted by molar-refractivity contribution is 1.01. The summed E-state index contributed by atoms with van der Waals surface area (Å²) >= 11 is 13.4. The number of nitriles is 1. The lowest BCUT2D eigenvalue weighted by Gasteiger charge is -2.11. The minimum atomic E-state index is 0.164. The lowest BCUT2D eigenvalue weighted by Crippen LogP contribution is -1.92. The summed E-state index contributed by atoms with van der Waals surface area (Å²) in [5, 5.41) is 10.7. The van der Waals surface area contributed by atoms with Crippen molar-refractivity contribution >= 4 is 35.0 Å². The Morgan fingerprint density at radius 2 is 2.00 bits per heavy atom. The molecule has 0 spiro atoms. The molecule has 2 rings (SSSR count). The van der Waals surface area contributed by atoms with Gasteiger partial charge in [0.25, 0.3) is 0 Å². The third-order valence-corrected chi connectivity index (χ3v) is 4.27. The summed E-state index contributed by atoms with van der Waals surface area (Å²) < 4.78 is 0. The fourth-order valence-corrected chi connectivity index (χ4v) is 2.63. The van der Waals surface area contributed by atoms with Crippen molar-refractivity contribution in [3.63, 3.8) is 0 Å². The third kappa shape index (κ3) is 3.60. The van der Waals surface area contributed by atoms with E-state index in [1.54, 1.807) is 24.0 Å². The fraction of sp³-hybridized carbons (Fsp3) is 0.154. The summed E-state index contributed by atoms with van der Waals surface area (Å²) in [4.78, 5) is 8.16. The van der Waals surface area contributed by atoms with Gasteiger partial charge >= 0.3 is 0 Å². The molecular formula is C13H9Cl2N3S. The van der Waals surface area contributed by atoms with Crippen molar-refractivity contribution in [2.45, 2.75) is 17.2 Å². The smallest absolute Gasteiger partial charge is 0.158 e. The van der Waals surface area contributed by atoms with Crippen molar-refractivity contribution in [2.24, 2.45) is 0 Å². The predicted octanol–water partition coefficient (Wildman–Crippen LogP) is 4.51. The van der Waals surface area contributed by atoms with E-state index >= 15 is 0 Å². The number of hydrogen-bond donors (Lipinski definition) is 0. The molecule has 1 aromatic heterocycles. The molecule has 0 saturated heterocycles. The molecule has 0 aliphatic carbocycles. The van der Waals surface area contributed by atoms with E-state index in [4.69, 9.17) is 28.5 Å². The van der Waals surface area contributed by atoms with E-state index in [2.05, 4.69) is 9.97 Å². The quantitative estimate of drug-likeness (QED) is 0.783. The highest BCUT2D eigenvalue weighted by atomic mass is 35.5. The predicted molar refractivity (Wildman–Crippen MR) is 77.5 cm³/mol. The number of halogens is 2. The maximum absolute atomic E-state index is 8.66. The van der Waals surface area contributed by atoms with Crippen molar-refractivity contribution in [3.05, 3.63) is 51.9 Å². The molecule has 0 bridgehead atoms. The normalized spacial score (nSPS) is 11.9. The first kappa shape index (κ1) is 14.1. The number of nitrogens with zero attached hydrogens (tertiary/aromatic N) is 3. The van der Waals surface area contributed by atoms with Crippen molar-refractivity contribution in [1.29, 1.82) is 5.26 Å². The second-order valence-electron chi connectivity index (χ2n) is 3.79. The van der Waals surface area contributed by atoms with Gasteiger partial charge in [0.1, 0.15) is 11.1 Å². The van der Waals surface area contributed by atoms with Crippen LogP contribution in [0.3, 0.4) is 0 Å². The molecule has 1 aromatic carbocycles. The first-order valence-electron chi connectivity index (χ1n) is 5.44. The molecule has 6 heteroatoms. The molecule has 0 N–H and O–H groups in total. The maximum atomic E-state index is 8.66. The summed E-state index contributed by atoms with van der Waals surface area (Å²) in [5.74, 6) is 0. The molecule has 1 unspecified atom stereocenters. The zero-order valence-corrected chi connectivity index (χ0v) is 12.3. The van der Waals surface area contributed by atoms with Crippen molar-refractivity contribution < 1.29 is 0 Å². The van der Waals surface area contributed by atoms with Gasteiger partial charge in [0, 0.05) is 5.25 Å². The largest absolute Gasteiger partial charge is 0.245 e. The van der Waals surface area contributed by atoms with Crippen LogP contribution in [0.1, 0.15) is 23.4 Å². The Morgan fingerprint density at radius 1 is 1.21 bits per heavy atom. The standard InChI is InChI=1S/C13H9Cl2N3S/c1-8(9-2-3-11(14)12(15)4-9)19-13-7-17-10(5-16)6-18-13/h2-4,6-8H,1H3. The summed E-state index contributed by atoms with van der Waals surface area (Å²) in [5.41, 5.74) is 1.37. The number of thioether (sulfide) groups is 1. The Labute approximate surface area is 125 Å². The molecule has 19 heavy (non-hydrogen) atoms. The van der Waals surface area contributed by atoms with Gasteiger partial charge < -0.3 is 0 Å². The van der Waals surface area contributed by atoms with Crippen molar-refractivity contribution in [2.75, 3.05) is 0 Å². The van der Waals surface area contributed by atoms with Crippen LogP contribution in [0.4, 0.5) is 0 Å². The van der Waals surface area contributed by atoms with Crippen molar-refractivity contribution in [1.82, 2.24) is 9.97 Å². The Bertz CT molecular complexity index is 623. The first-order valence-corrected chi connectivity index (χ1v) is 7.07. The Balaban J connectivity index is 2.13. The van der Waals surface area contributed by atoms with Crippen molar-refractivity contribution in [3.8, 4) is 6.07 Å². The SMILES string of the molecule is CC(Sc1cnc(C#N)cn1)c1ccc(Cl)c(Cl)c1. The highest BCUT2D eigenvalue weighted by molar-refractivity contribution is 7.99. The molecule has 0 aliphatic heterocycles. The zero-order chi connectivity index (χ0) is 13.8. The summed E-state index contributed by atoms with van der Waals surface area (Å²) in [6.45, 7) is 2.05. The maximum Gasteiger partial charge on any atom is 0.158 e. The molecule has 0 fully saturated rings. The lowest BCUT2D eigenvalue weighted by atomic mass is 10.2. The average molecular weight is 310 g/mol. The molecule has 2 aromatic rings. The average Bonchev–Trinajstić information content (AvgIpc) is 2.42. The van der Waals surface area contributed by atoms with E-state index in [9.17, 15) is 0 Å². The van der Waals surface area contributed by atoms with E-state index in [-0.39, 0.29) is 5.25 Å². The van der Waals surface area contributed by atoms with E-state index in [0.717, 1.165) is 10.6 Å². The van der Waals surface area contributed by atoms with Crippen LogP contribution in [0, 0.1) is 11.3 Å². The third-order valence-electron chi connectivity index (χ3n) is 2.45. The van der Waals surface area contributed by atoms with Gasteiger partial charge in [-0.05, 0) is 24.6 Å². The van der Waals surface area contributed by atoms with Crippen LogP contribution in [0.2, 0.25) is 10.0 Å². The first-order chi connectivity index (χ1) is 9.10. The summed E-state index contributed by atoms with van der Waals surface area (Å²) in [6.07, 6.45) is 3.06. The van der Waals surface area contributed by atoms with Crippen LogP contribution < -0.4 is 0 Å². The number of rotatable bonds is 3. The van der Waals surface area contributed by atoms with Gasteiger partial charge in [0.2, 0.25) is 0 Å². The highest BCUT2D eigenvalue weighted by Crippen LogP contribution is 2.35. The van der Waals surface area contributed by atoms with Gasteiger partial charge in [0.15, 0.2) is 5.69 Å². The Morgan fingerprint density at radius 3 is 2.58 bits per heavy atom. The molecule has 0 saturated carbocycles. The van der Waals surface area contributed by atoms with E-state index in [0.29, 0.717) is 15.7 Å². The monoisotopic (exact) mass is 309 g/mol. The molecule has 1 heterocycles. The molecule has 3 nitrogen and oxygen atoms in total. The summed E-state index contributed by atoms with van der Waals surface area (Å²) in [6, 6.07) is 7.50. The van der Waals surface area contributed by atoms with Crippen LogP contribution in [-0.4, -0.2) is 9.97 Å². The topological polar surface area (TPSA) is 49.6 Å². The summed E-state index contributed by atoms with van der Waals surface area (Å²) in [7, 11) is 0. The van der Waals surface area contributed by atoms with E-state index in [1.165, 1.54) is 6.20 Å².